The molecule has 176 valence electrons. The minimum absolute atomic E-state index is 0.0290. The number of anilines is 1. The zero-order valence-corrected chi connectivity index (χ0v) is 18.7. The number of hydrogen-bond acceptors (Lipinski definition) is 6. The van der Waals surface area contributed by atoms with E-state index in [0.717, 1.165) is 5.56 Å². The second kappa shape index (κ2) is 8.49. The number of halogens is 2. The smallest absolute Gasteiger partial charge is 0.274 e. The molecule has 9 nitrogen and oxygen atoms in total. The molecule has 1 fully saturated rings. The third-order valence-corrected chi connectivity index (χ3v) is 6.16. The quantitative estimate of drug-likeness (QED) is 0.445. The second-order valence-electron chi connectivity index (χ2n) is 8.36. The predicted octanol–water partition coefficient (Wildman–Crippen LogP) is 1.84. The van der Waals surface area contributed by atoms with Crippen molar-refractivity contribution in [3.63, 3.8) is 0 Å². The molecule has 0 radical (unpaired) electrons. The Morgan fingerprint density at radius 2 is 1.91 bits per heavy atom. The summed E-state index contributed by atoms with van der Waals surface area (Å²) in [6.45, 7) is 4.60. The molecule has 0 spiro atoms. The monoisotopic (exact) mass is 467 g/mol. The number of benzene rings is 1. The highest BCUT2D eigenvalue weighted by molar-refractivity contribution is 5.92. The van der Waals surface area contributed by atoms with Crippen LogP contribution < -0.4 is 15.8 Å². The zero-order chi connectivity index (χ0) is 24.0. The number of rotatable bonds is 4. The molecule has 1 aliphatic heterocycles. The number of fused-ring (bicyclic) bond motifs is 3. The molecule has 34 heavy (non-hydrogen) atoms. The predicted molar refractivity (Wildman–Crippen MR) is 123 cm³/mol. The van der Waals surface area contributed by atoms with Gasteiger partial charge in [0.25, 0.3) is 11.5 Å². The summed E-state index contributed by atoms with van der Waals surface area (Å²) in [6, 6.07) is 6.30. The van der Waals surface area contributed by atoms with Crippen molar-refractivity contribution in [2.24, 2.45) is 0 Å². The Balaban J connectivity index is 1.32. The van der Waals surface area contributed by atoms with Crippen molar-refractivity contribution in [3.8, 4) is 0 Å². The number of piperazine rings is 1. The number of aryl methyl sites for hydroxylation is 1. The maximum absolute atomic E-state index is 15.0. The normalized spacial score (nSPS) is 14.8. The van der Waals surface area contributed by atoms with E-state index >= 15 is 4.39 Å². The topological polar surface area (TPSA) is 98.6 Å². The van der Waals surface area contributed by atoms with Gasteiger partial charge in [0.1, 0.15) is 16.7 Å². The molecule has 4 heterocycles. The Kier molecular flexibility index (Phi) is 5.48. The van der Waals surface area contributed by atoms with Crippen LogP contribution in [0.1, 0.15) is 21.6 Å². The van der Waals surface area contributed by atoms with E-state index in [4.69, 9.17) is 0 Å². The van der Waals surface area contributed by atoms with Crippen molar-refractivity contribution in [3.05, 3.63) is 69.4 Å². The van der Waals surface area contributed by atoms with Gasteiger partial charge in [-0.2, -0.15) is 9.49 Å². The second-order valence-corrected chi connectivity index (χ2v) is 8.36. The molecule has 1 aliphatic rings. The van der Waals surface area contributed by atoms with Crippen molar-refractivity contribution < 1.29 is 13.6 Å². The molecule has 1 amide bonds. The lowest BCUT2D eigenvalue weighted by molar-refractivity contribution is 0.0957. The highest BCUT2D eigenvalue weighted by Gasteiger charge is 2.22. The summed E-state index contributed by atoms with van der Waals surface area (Å²) in [5.74, 6) is -1.59. The number of carbonyl (C=O) groups excluding carboxylic acids is 1. The van der Waals surface area contributed by atoms with E-state index in [-0.39, 0.29) is 16.8 Å². The number of aromatic amines is 1. The van der Waals surface area contributed by atoms with Gasteiger partial charge in [-0.25, -0.2) is 13.9 Å². The van der Waals surface area contributed by atoms with Gasteiger partial charge in [0.05, 0.1) is 17.4 Å². The number of H-pyrrole nitrogens is 1. The Morgan fingerprint density at radius 1 is 1.15 bits per heavy atom. The van der Waals surface area contributed by atoms with Crippen molar-refractivity contribution in [2.45, 2.75) is 13.5 Å². The Labute approximate surface area is 193 Å². The van der Waals surface area contributed by atoms with Crippen LogP contribution in [-0.2, 0) is 6.54 Å². The van der Waals surface area contributed by atoms with Gasteiger partial charge >= 0.3 is 0 Å². The molecule has 0 saturated carbocycles. The van der Waals surface area contributed by atoms with Gasteiger partial charge in [-0.05, 0) is 36.8 Å². The van der Waals surface area contributed by atoms with Gasteiger partial charge in [0, 0.05) is 45.3 Å². The number of pyridine rings is 1. The van der Waals surface area contributed by atoms with Crippen LogP contribution in [0.3, 0.4) is 0 Å². The minimum atomic E-state index is -0.685. The molecule has 5 rings (SSSR count). The van der Waals surface area contributed by atoms with Crippen molar-refractivity contribution >= 4 is 28.1 Å². The maximum atomic E-state index is 15.0. The van der Waals surface area contributed by atoms with E-state index in [0.29, 0.717) is 55.0 Å². The van der Waals surface area contributed by atoms with Crippen LogP contribution in [0, 0.1) is 18.7 Å². The summed E-state index contributed by atoms with van der Waals surface area (Å²) < 4.78 is 30.9. The van der Waals surface area contributed by atoms with Gasteiger partial charge in [-0.1, -0.05) is 0 Å². The van der Waals surface area contributed by atoms with E-state index < -0.39 is 17.7 Å². The highest BCUT2D eigenvalue weighted by atomic mass is 19.1. The van der Waals surface area contributed by atoms with Crippen LogP contribution in [0.2, 0.25) is 0 Å². The molecular weight excluding hydrogens is 444 g/mol. The fraction of sp³-hybridized carbons (Fsp3) is 0.304. The zero-order valence-electron chi connectivity index (χ0n) is 18.7. The van der Waals surface area contributed by atoms with E-state index in [9.17, 15) is 14.0 Å². The molecule has 4 aromatic rings. The summed E-state index contributed by atoms with van der Waals surface area (Å²) in [7, 11) is 1.47. The highest BCUT2D eigenvalue weighted by Crippen LogP contribution is 2.23. The summed E-state index contributed by atoms with van der Waals surface area (Å²) in [5, 5.41) is 6.59. The SMILES string of the molecule is CNC(=O)c1ccc(N2CCN(Cc3cc(F)c4c(c3)[nH]c(=O)c3c(C)cnn34)CC2)c(F)n1. The van der Waals surface area contributed by atoms with Crippen molar-refractivity contribution in [1.82, 2.24) is 29.8 Å². The number of nitrogens with zero attached hydrogens (tertiary/aromatic N) is 5. The Bertz CT molecular complexity index is 1470. The van der Waals surface area contributed by atoms with E-state index in [1.54, 1.807) is 25.3 Å². The largest absolute Gasteiger partial charge is 0.365 e. The molecule has 0 aliphatic carbocycles. The molecule has 0 bridgehead atoms. The third-order valence-electron chi connectivity index (χ3n) is 6.16. The number of carbonyl (C=O) groups is 1. The first-order valence-corrected chi connectivity index (χ1v) is 10.9. The number of aromatic nitrogens is 4. The molecule has 1 saturated heterocycles. The van der Waals surface area contributed by atoms with Crippen LogP contribution in [0.4, 0.5) is 14.5 Å². The van der Waals surface area contributed by atoms with Gasteiger partial charge in [0.15, 0.2) is 5.82 Å². The van der Waals surface area contributed by atoms with E-state index in [1.807, 2.05) is 4.90 Å². The van der Waals surface area contributed by atoms with Crippen molar-refractivity contribution in [1.29, 1.82) is 0 Å². The molecule has 2 N–H and O–H groups in total. The number of hydrogen-bond donors (Lipinski definition) is 2. The maximum Gasteiger partial charge on any atom is 0.274 e. The summed E-state index contributed by atoms with van der Waals surface area (Å²) in [5.41, 5.74) is 2.42. The molecular formula is C23H23F2N7O2. The molecule has 0 unspecified atom stereocenters. The minimum Gasteiger partial charge on any atom is -0.365 e. The standard InChI is InChI=1S/C23H23F2N7O2/c1-13-11-27-32-19(13)23(34)29-17-10-14(9-15(24)20(17)32)12-30-5-7-31(8-6-30)18-4-3-16(22(33)26-2)28-21(18)25/h3-4,9-11H,5-8,12H2,1-2H3,(H,26,33)(H,29,34). The first-order valence-electron chi connectivity index (χ1n) is 10.9. The lowest BCUT2D eigenvalue weighted by atomic mass is 10.1. The van der Waals surface area contributed by atoms with Gasteiger partial charge in [-0.3, -0.25) is 14.5 Å². The van der Waals surface area contributed by atoms with Gasteiger partial charge < -0.3 is 15.2 Å². The number of nitrogens with one attached hydrogen (secondary N) is 2. The number of amides is 1. The van der Waals surface area contributed by atoms with Crippen LogP contribution in [0.25, 0.3) is 16.6 Å². The van der Waals surface area contributed by atoms with Crippen molar-refractivity contribution in [2.75, 3.05) is 38.1 Å². The first-order chi connectivity index (χ1) is 16.4. The first kappa shape index (κ1) is 22.0. The molecule has 3 aromatic heterocycles. The van der Waals surface area contributed by atoms with Crippen LogP contribution in [0.5, 0.6) is 0 Å². The lowest BCUT2D eigenvalue weighted by Crippen LogP contribution is -2.46. The van der Waals surface area contributed by atoms with Gasteiger partial charge in [0.2, 0.25) is 5.95 Å². The van der Waals surface area contributed by atoms with E-state index in [2.05, 4.69) is 25.3 Å². The molecule has 0 atom stereocenters. The molecule has 11 heteroatoms. The van der Waals surface area contributed by atoms with E-state index in [1.165, 1.54) is 23.7 Å². The summed E-state index contributed by atoms with van der Waals surface area (Å²) in [4.78, 5) is 34.6. The average Bonchev–Trinajstić information content (AvgIpc) is 3.20. The van der Waals surface area contributed by atoms with Gasteiger partial charge in [-0.15, -0.1) is 0 Å². The van der Waals surface area contributed by atoms with Crippen LogP contribution >= 0.6 is 0 Å². The average molecular weight is 467 g/mol. The lowest BCUT2D eigenvalue weighted by Gasteiger charge is -2.36. The van der Waals surface area contributed by atoms with Crippen LogP contribution in [0.15, 0.2) is 35.3 Å². The summed E-state index contributed by atoms with van der Waals surface area (Å²) in [6.07, 6.45) is 1.54. The van der Waals surface area contributed by atoms with Crippen LogP contribution in [-0.4, -0.2) is 63.6 Å². The summed E-state index contributed by atoms with van der Waals surface area (Å²) >= 11 is 0. The third kappa shape index (κ3) is 3.77. The fourth-order valence-corrected chi connectivity index (χ4v) is 4.44. The fourth-order valence-electron chi connectivity index (χ4n) is 4.44. The molecule has 1 aromatic carbocycles. The Morgan fingerprint density at radius 3 is 2.62 bits per heavy atom. The Hall–Kier alpha value is -3.86.